The molecule has 3 rings (SSSR count). The second-order valence-corrected chi connectivity index (χ2v) is 6.11. The van der Waals surface area contributed by atoms with E-state index in [0.29, 0.717) is 10.8 Å². The van der Waals surface area contributed by atoms with E-state index in [0.717, 1.165) is 6.07 Å². The minimum absolute atomic E-state index is 0.122. The first-order chi connectivity index (χ1) is 12.3. The molecule has 1 aromatic heterocycles. The molecule has 0 atom stereocenters. The van der Waals surface area contributed by atoms with Crippen molar-refractivity contribution in [2.24, 2.45) is 0 Å². The maximum absolute atomic E-state index is 13.1. The number of nitrogens with zero attached hydrogens (tertiary/aromatic N) is 3. The fourth-order valence-electron chi connectivity index (χ4n) is 2.67. The zero-order chi connectivity index (χ0) is 18.7. The number of anilines is 1. The van der Waals surface area contributed by atoms with Gasteiger partial charge in [0.15, 0.2) is 0 Å². The van der Waals surface area contributed by atoms with E-state index in [1.54, 1.807) is 18.2 Å². The number of pyridine rings is 1. The number of ether oxygens (including phenoxy) is 1. The molecule has 0 N–H and O–H groups in total. The number of benzene rings is 1. The first kappa shape index (κ1) is 18.3. The van der Waals surface area contributed by atoms with E-state index in [-0.39, 0.29) is 32.0 Å². The van der Waals surface area contributed by atoms with Gasteiger partial charge in [-0.2, -0.15) is 13.2 Å². The predicted molar refractivity (Wildman–Crippen MR) is 90.5 cm³/mol. The minimum atomic E-state index is -4.48. The van der Waals surface area contributed by atoms with Gasteiger partial charge in [-0.1, -0.05) is 17.7 Å². The summed E-state index contributed by atoms with van der Waals surface area (Å²) in [5.74, 6) is 0.192. The SMILES string of the molecule is O=C(Oc1cccc(Cl)c1)N1CCN(c2ncccc2C(F)(F)F)CC1. The maximum Gasteiger partial charge on any atom is 0.419 e. The van der Waals surface area contributed by atoms with Gasteiger partial charge in [-0.3, -0.25) is 0 Å². The van der Waals surface area contributed by atoms with Crippen molar-refractivity contribution in [3.63, 3.8) is 0 Å². The summed E-state index contributed by atoms with van der Waals surface area (Å²) < 4.78 is 44.6. The number of piperazine rings is 1. The molecule has 138 valence electrons. The summed E-state index contributed by atoms with van der Waals surface area (Å²) in [4.78, 5) is 19.0. The molecule has 0 aliphatic carbocycles. The van der Waals surface area contributed by atoms with Crippen molar-refractivity contribution in [1.82, 2.24) is 9.88 Å². The molecule has 1 aliphatic heterocycles. The summed E-state index contributed by atoms with van der Waals surface area (Å²) in [6.07, 6.45) is -3.72. The van der Waals surface area contributed by atoms with E-state index >= 15 is 0 Å². The third kappa shape index (κ3) is 4.19. The molecule has 2 heterocycles. The van der Waals surface area contributed by atoms with Crippen molar-refractivity contribution in [1.29, 1.82) is 0 Å². The number of halogens is 4. The average Bonchev–Trinajstić information content (AvgIpc) is 2.61. The quantitative estimate of drug-likeness (QED) is 0.781. The summed E-state index contributed by atoms with van der Waals surface area (Å²) in [5.41, 5.74) is -0.782. The number of rotatable bonds is 2. The van der Waals surface area contributed by atoms with Gasteiger partial charge in [-0.25, -0.2) is 9.78 Å². The van der Waals surface area contributed by atoms with Crippen LogP contribution in [-0.2, 0) is 6.18 Å². The third-order valence-corrected chi connectivity index (χ3v) is 4.17. The van der Waals surface area contributed by atoms with Gasteiger partial charge in [-0.15, -0.1) is 0 Å². The number of carbonyl (C=O) groups is 1. The van der Waals surface area contributed by atoms with Gasteiger partial charge in [0.1, 0.15) is 11.6 Å². The Morgan fingerprint density at radius 2 is 1.85 bits per heavy atom. The Hall–Kier alpha value is -2.48. The minimum Gasteiger partial charge on any atom is -0.410 e. The monoisotopic (exact) mass is 385 g/mol. The highest BCUT2D eigenvalue weighted by molar-refractivity contribution is 6.30. The van der Waals surface area contributed by atoms with E-state index in [4.69, 9.17) is 16.3 Å². The molecular formula is C17H15ClF3N3O2. The van der Waals surface area contributed by atoms with Crippen LogP contribution in [-0.4, -0.2) is 42.2 Å². The van der Waals surface area contributed by atoms with Gasteiger partial charge >= 0.3 is 12.3 Å². The van der Waals surface area contributed by atoms with E-state index in [2.05, 4.69) is 4.98 Å². The maximum atomic E-state index is 13.1. The van der Waals surface area contributed by atoms with Crippen LogP contribution in [0.15, 0.2) is 42.6 Å². The van der Waals surface area contributed by atoms with Gasteiger partial charge in [0.05, 0.1) is 5.56 Å². The van der Waals surface area contributed by atoms with Gasteiger partial charge in [0.2, 0.25) is 0 Å². The average molecular weight is 386 g/mol. The van der Waals surface area contributed by atoms with E-state index in [1.807, 2.05) is 0 Å². The van der Waals surface area contributed by atoms with Crippen LogP contribution in [0.4, 0.5) is 23.8 Å². The standard InChI is InChI=1S/C17H15ClF3N3O2/c18-12-3-1-4-13(11-12)26-16(25)24-9-7-23(8-10-24)15-14(17(19,20)21)5-2-6-22-15/h1-6,11H,7-10H2. The molecule has 0 saturated carbocycles. The van der Waals surface area contributed by atoms with E-state index in [9.17, 15) is 18.0 Å². The lowest BCUT2D eigenvalue weighted by atomic mass is 10.2. The zero-order valence-electron chi connectivity index (χ0n) is 13.5. The highest BCUT2D eigenvalue weighted by atomic mass is 35.5. The summed E-state index contributed by atoms with van der Waals surface area (Å²) in [5, 5.41) is 0.440. The fourth-order valence-corrected chi connectivity index (χ4v) is 2.85. The van der Waals surface area contributed by atoms with Gasteiger partial charge in [-0.05, 0) is 30.3 Å². The fraction of sp³-hybridized carbons (Fsp3) is 0.294. The molecule has 9 heteroatoms. The molecular weight excluding hydrogens is 371 g/mol. The lowest BCUT2D eigenvalue weighted by Gasteiger charge is -2.35. The molecule has 2 aromatic rings. The molecule has 1 saturated heterocycles. The van der Waals surface area contributed by atoms with Crippen molar-refractivity contribution in [2.45, 2.75) is 6.18 Å². The van der Waals surface area contributed by atoms with Crippen LogP contribution in [0, 0.1) is 0 Å². The third-order valence-electron chi connectivity index (χ3n) is 3.93. The highest BCUT2D eigenvalue weighted by Gasteiger charge is 2.36. The molecule has 5 nitrogen and oxygen atoms in total. The summed E-state index contributed by atoms with van der Waals surface area (Å²) in [7, 11) is 0. The number of carbonyl (C=O) groups excluding carboxylic acids is 1. The lowest BCUT2D eigenvalue weighted by Crippen LogP contribution is -2.50. The van der Waals surface area contributed by atoms with Crippen LogP contribution >= 0.6 is 11.6 Å². The second-order valence-electron chi connectivity index (χ2n) is 5.67. The van der Waals surface area contributed by atoms with Crippen molar-refractivity contribution in [2.75, 3.05) is 31.1 Å². The first-order valence-corrected chi connectivity index (χ1v) is 8.22. The Bertz CT molecular complexity index is 793. The molecule has 1 aromatic carbocycles. The lowest BCUT2D eigenvalue weighted by molar-refractivity contribution is -0.137. The van der Waals surface area contributed by atoms with Crippen molar-refractivity contribution in [3.05, 3.63) is 53.2 Å². The topological polar surface area (TPSA) is 45.7 Å². The van der Waals surface area contributed by atoms with Gasteiger partial charge in [0.25, 0.3) is 0 Å². The normalized spacial score (nSPS) is 15.1. The number of aromatic nitrogens is 1. The molecule has 1 aliphatic rings. The molecule has 26 heavy (non-hydrogen) atoms. The van der Waals surface area contributed by atoms with Crippen molar-refractivity contribution in [3.8, 4) is 5.75 Å². The molecule has 1 fully saturated rings. The Balaban J connectivity index is 1.64. The van der Waals surface area contributed by atoms with E-state index < -0.39 is 17.8 Å². The van der Waals surface area contributed by atoms with Crippen LogP contribution in [0.2, 0.25) is 5.02 Å². The summed E-state index contributed by atoms with van der Waals surface area (Å²) >= 11 is 5.84. The van der Waals surface area contributed by atoms with Crippen LogP contribution in [0.5, 0.6) is 5.75 Å². The molecule has 1 amide bonds. The summed E-state index contributed by atoms with van der Waals surface area (Å²) in [6.45, 7) is 0.913. The Kier molecular flexibility index (Phi) is 5.22. The van der Waals surface area contributed by atoms with Gasteiger partial charge < -0.3 is 14.5 Å². The van der Waals surface area contributed by atoms with Crippen LogP contribution in [0.3, 0.4) is 0 Å². The van der Waals surface area contributed by atoms with Crippen molar-refractivity contribution >= 4 is 23.5 Å². The first-order valence-electron chi connectivity index (χ1n) is 7.84. The number of hydrogen-bond acceptors (Lipinski definition) is 4. The predicted octanol–water partition coefficient (Wildman–Crippen LogP) is 4.07. The second kappa shape index (κ2) is 7.41. The van der Waals surface area contributed by atoms with Crippen LogP contribution < -0.4 is 9.64 Å². The molecule has 0 spiro atoms. The zero-order valence-corrected chi connectivity index (χ0v) is 14.3. The Morgan fingerprint density at radius 3 is 2.50 bits per heavy atom. The number of alkyl halides is 3. The smallest absolute Gasteiger partial charge is 0.410 e. The molecule has 0 bridgehead atoms. The Labute approximate surface area is 152 Å². The van der Waals surface area contributed by atoms with Crippen molar-refractivity contribution < 1.29 is 22.7 Å². The Morgan fingerprint density at radius 1 is 1.12 bits per heavy atom. The molecule has 0 unspecified atom stereocenters. The number of hydrogen-bond donors (Lipinski definition) is 0. The summed E-state index contributed by atoms with van der Waals surface area (Å²) in [6, 6.07) is 8.68. The molecule has 0 radical (unpaired) electrons. The van der Waals surface area contributed by atoms with Gasteiger partial charge in [0, 0.05) is 37.4 Å². The van der Waals surface area contributed by atoms with Crippen LogP contribution in [0.1, 0.15) is 5.56 Å². The number of amides is 1. The van der Waals surface area contributed by atoms with Crippen LogP contribution in [0.25, 0.3) is 0 Å². The highest BCUT2D eigenvalue weighted by Crippen LogP contribution is 2.35. The van der Waals surface area contributed by atoms with E-state index in [1.165, 1.54) is 28.1 Å². The largest absolute Gasteiger partial charge is 0.419 e.